The number of fused-ring (bicyclic) bond motifs is 1. The van der Waals surface area contributed by atoms with E-state index < -0.39 is 11.6 Å². The summed E-state index contributed by atoms with van der Waals surface area (Å²) in [4.78, 5) is 0. The summed E-state index contributed by atoms with van der Waals surface area (Å²) in [6.45, 7) is -0.0853. The molecular formula is C17H12F2O2. The van der Waals surface area contributed by atoms with Crippen molar-refractivity contribution in [3.05, 3.63) is 71.8 Å². The van der Waals surface area contributed by atoms with Crippen LogP contribution in [0.15, 0.2) is 54.6 Å². The summed E-state index contributed by atoms with van der Waals surface area (Å²) in [5.74, 6) is -1.06. The van der Waals surface area contributed by atoms with Gasteiger partial charge in [-0.15, -0.1) is 0 Å². The molecule has 2 nitrogen and oxygen atoms in total. The first-order valence-electron chi connectivity index (χ1n) is 6.42. The zero-order chi connectivity index (χ0) is 14.8. The molecule has 3 rings (SSSR count). The first-order chi connectivity index (χ1) is 10.1. The molecule has 4 heteroatoms. The molecular weight excluding hydrogens is 274 g/mol. The van der Waals surface area contributed by atoms with Gasteiger partial charge in [0.25, 0.3) is 0 Å². The zero-order valence-electron chi connectivity index (χ0n) is 11.0. The smallest absolute Gasteiger partial charge is 0.162 e. The van der Waals surface area contributed by atoms with Crippen molar-refractivity contribution in [3.8, 4) is 11.5 Å². The van der Waals surface area contributed by atoms with Crippen LogP contribution in [0.5, 0.6) is 11.5 Å². The standard InChI is InChI=1S/C17H12F2O2/c18-14-6-5-13(15(19)9-14)10-21-17-8-12-4-2-1-3-11(12)7-16(17)20/h1-9,20H,10H2. The molecule has 0 aliphatic rings. The molecule has 0 heterocycles. The van der Waals surface area contributed by atoms with Gasteiger partial charge >= 0.3 is 0 Å². The minimum absolute atomic E-state index is 0.0174. The van der Waals surface area contributed by atoms with E-state index in [1.807, 2.05) is 24.3 Å². The topological polar surface area (TPSA) is 29.5 Å². The summed E-state index contributed by atoms with van der Waals surface area (Å²) in [6, 6.07) is 14.1. The molecule has 21 heavy (non-hydrogen) atoms. The predicted octanol–water partition coefficient (Wildman–Crippen LogP) is 4.40. The summed E-state index contributed by atoms with van der Waals surface area (Å²) in [6.07, 6.45) is 0. The van der Waals surface area contributed by atoms with Crippen molar-refractivity contribution in [2.75, 3.05) is 0 Å². The highest BCUT2D eigenvalue weighted by molar-refractivity contribution is 5.85. The third kappa shape index (κ3) is 2.79. The van der Waals surface area contributed by atoms with Crippen molar-refractivity contribution in [3.63, 3.8) is 0 Å². The van der Waals surface area contributed by atoms with E-state index >= 15 is 0 Å². The Labute approximate surface area is 120 Å². The third-order valence-corrected chi connectivity index (χ3v) is 3.23. The van der Waals surface area contributed by atoms with Crippen LogP contribution < -0.4 is 4.74 Å². The molecule has 0 radical (unpaired) electrons. The van der Waals surface area contributed by atoms with Gasteiger partial charge in [0.1, 0.15) is 18.2 Å². The Morgan fingerprint density at radius 2 is 1.62 bits per heavy atom. The summed E-state index contributed by atoms with van der Waals surface area (Å²) < 4.78 is 31.8. The summed E-state index contributed by atoms with van der Waals surface area (Å²) in [7, 11) is 0. The fourth-order valence-corrected chi connectivity index (χ4v) is 2.12. The molecule has 0 fully saturated rings. The predicted molar refractivity (Wildman–Crippen MR) is 76.3 cm³/mol. The van der Waals surface area contributed by atoms with Gasteiger partial charge in [-0.2, -0.15) is 0 Å². The van der Waals surface area contributed by atoms with Crippen LogP contribution in [0.1, 0.15) is 5.56 Å². The SMILES string of the molecule is Oc1cc2ccccc2cc1OCc1ccc(F)cc1F. The summed E-state index contributed by atoms with van der Waals surface area (Å²) in [5.41, 5.74) is 0.226. The van der Waals surface area contributed by atoms with Crippen LogP contribution >= 0.6 is 0 Å². The highest BCUT2D eigenvalue weighted by Gasteiger charge is 2.08. The monoisotopic (exact) mass is 286 g/mol. The Hall–Kier alpha value is -2.62. The number of phenolic OH excluding ortho intramolecular Hbond substituents is 1. The van der Waals surface area contributed by atoms with E-state index in [0.717, 1.165) is 16.8 Å². The minimum atomic E-state index is -0.671. The second-order valence-corrected chi connectivity index (χ2v) is 4.69. The van der Waals surface area contributed by atoms with E-state index in [1.165, 1.54) is 12.1 Å². The number of rotatable bonds is 3. The Bertz CT molecular complexity index is 800. The summed E-state index contributed by atoms with van der Waals surface area (Å²) >= 11 is 0. The average Bonchev–Trinajstić information content (AvgIpc) is 2.46. The molecule has 0 saturated heterocycles. The van der Waals surface area contributed by atoms with Crippen molar-refractivity contribution in [1.29, 1.82) is 0 Å². The zero-order valence-corrected chi connectivity index (χ0v) is 11.0. The van der Waals surface area contributed by atoms with Crippen molar-refractivity contribution in [1.82, 2.24) is 0 Å². The van der Waals surface area contributed by atoms with Gasteiger partial charge in [0.15, 0.2) is 11.5 Å². The molecule has 0 unspecified atom stereocenters. The van der Waals surface area contributed by atoms with Gasteiger partial charge in [-0.05, 0) is 35.0 Å². The van der Waals surface area contributed by atoms with E-state index in [-0.39, 0.29) is 23.7 Å². The molecule has 0 bridgehead atoms. The molecule has 3 aromatic carbocycles. The average molecular weight is 286 g/mol. The number of aromatic hydroxyl groups is 1. The van der Waals surface area contributed by atoms with Crippen LogP contribution in [0.4, 0.5) is 8.78 Å². The van der Waals surface area contributed by atoms with Gasteiger partial charge < -0.3 is 9.84 Å². The second-order valence-electron chi connectivity index (χ2n) is 4.69. The Morgan fingerprint density at radius 3 is 2.33 bits per heavy atom. The van der Waals surface area contributed by atoms with E-state index in [2.05, 4.69) is 0 Å². The van der Waals surface area contributed by atoms with Crippen LogP contribution in [0, 0.1) is 11.6 Å². The molecule has 1 N–H and O–H groups in total. The number of halogens is 2. The molecule has 0 amide bonds. The molecule has 106 valence electrons. The lowest BCUT2D eigenvalue weighted by molar-refractivity contribution is 0.284. The first kappa shape index (κ1) is 13.4. The van der Waals surface area contributed by atoms with Crippen molar-refractivity contribution in [2.45, 2.75) is 6.61 Å². The second kappa shape index (κ2) is 5.40. The highest BCUT2D eigenvalue weighted by Crippen LogP contribution is 2.32. The Morgan fingerprint density at radius 1 is 0.905 bits per heavy atom. The van der Waals surface area contributed by atoms with Gasteiger partial charge in [0, 0.05) is 11.6 Å². The quantitative estimate of drug-likeness (QED) is 0.773. The first-order valence-corrected chi connectivity index (χ1v) is 6.42. The minimum Gasteiger partial charge on any atom is -0.504 e. The van der Waals surface area contributed by atoms with Crippen LogP contribution in [0.3, 0.4) is 0 Å². The van der Waals surface area contributed by atoms with Gasteiger partial charge in [-0.1, -0.05) is 24.3 Å². The molecule has 0 saturated carbocycles. The van der Waals surface area contributed by atoms with Crippen molar-refractivity contribution < 1.29 is 18.6 Å². The summed E-state index contributed by atoms with van der Waals surface area (Å²) in [5, 5.41) is 11.7. The maximum Gasteiger partial charge on any atom is 0.162 e. The maximum atomic E-state index is 13.5. The number of phenols is 1. The van der Waals surface area contributed by atoms with Crippen LogP contribution in [0.25, 0.3) is 10.8 Å². The fraction of sp³-hybridized carbons (Fsp3) is 0.0588. The molecule has 3 aromatic rings. The lowest BCUT2D eigenvalue weighted by Crippen LogP contribution is -1.99. The maximum absolute atomic E-state index is 13.5. The third-order valence-electron chi connectivity index (χ3n) is 3.23. The van der Waals surface area contributed by atoms with Gasteiger partial charge in [-0.3, -0.25) is 0 Å². The van der Waals surface area contributed by atoms with Crippen LogP contribution in [-0.4, -0.2) is 5.11 Å². The number of ether oxygens (including phenoxy) is 1. The molecule has 0 spiro atoms. The van der Waals surface area contributed by atoms with Gasteiger partial charge in [0.05, 0.1) is 0 Å². The lowest BCUT2D eigenvalue weighted by Gasteiger charge is -2.10. The van der Waals surface area contributed by atoms with Gasteiger partial charge in [-0.25, -0.2) is 8.78 Å². The normalized spacial score (nSPS) is 10.8. The number of hydrogen-bond acceptors (Lipinski definition) is 2. The largest absolute Gasteiger partial charge is 0.504 e. The molecule has 0 aliphatic carbocycles. The van der Waals surface area contributed by atoms with Crippen molar-refractivity contribution in [2.24, 2.45) is 0 Å². The Balaban J connectivity index is 1.86. The number of hydrogen-bond donors (Lipinski definition) is 1. The molecule has 0 aliphatic heterocycles. The Kier molecular flexibility index (Phi) is 3.44. The van der Waals surface area contributed by atoms with E-state index in [0.29, 0.717) is 0 Å². The van der Waals surface area contributed by atoms with Crippen LogP contribution in [-0.2, 0) is 6.61 Å². The fourth-order valence-electron chi connectivity index (χ4n) is 2.12. The van der Waals surface area contributed by atoms with Crippen LogP contribution in [0.2, 0.25) is 0 Å². The molecule has 0 aromatic heterocycles. The van der Waals surface area contributed by atoms with Crippen molar-refractivity contribution >= 4 is 10.8 Å². The number of benzene rings is 3. The van der Waals surface area contributed by atoms with E-state index in [9.17, 15) is 13.9 Å². The van der Waals surface area contributed by atoms with E-state index in [4.69, 9.17) is 4.74 Å². The highest BCUT2D eigenvalue weighted by atomic mass is 19.1. The van der Waals surface area contributed by atoms with E-state index in [1.54, 1.807) is 12.1 Å². The lowest BCUT2D eigenvalue weighted by atomic mass is 10.1. The van der Waals surface area contributed by atoms with Gasteiger partial charge in [0.2, 0.25) is 0 Å². The molecule has 0 atom stereocenters.